The number of anilines is 1. The smallest absolute Gasteiger partial charge is 0.227 e. The number of unbranched alkanes of at least 4 members (excludes halogenated alkanes) is 3. The molecule has 1 aromatic rings. The van der Waals surface area contributed by atoms with Crippen LogP contribution in [0, 0.1) is 0 Å². The van der Waals surface area contributed by atoms with Crippen molar-refractivity contribution in [2.75, 3.05) is 18.6 Å². The number of aliphatic hydroxyl groups excluding tert-OH is 1. The van der Waals surface area contributed by atoms with Gasteiger partial charge in [0.15, 0.2) is 0 Å². The first kappa shape index (κ1) is 16.7. The van der Waals surface area contributed by atoms with Crippen LogP contribution >= 0.6 is 0 Å². The fraction of sp³-hybridized carbons (Fsp3) is 0.588. The zero-order valence-corrected chi connectivity index (χ0v) is 12.8. The van der Waals surface area contributed by atoms with E-state index in [0.717, 1.165) is 32.2 Å². The Kier molecular flexibility index (Phi) is 7.97. The van der Waals surface area contributed by atoms with Gasteiger partial charge in [0.25, 0.3) is 0 Å². The molecule has 1 N–H and O–H groups in total. The Morgan fingerprint density at radius 3 is 2.35 bits per heavy atom. The predicted molar refractivity (Wildman–Crippen MR) is 84.0 cm³/mol. The Hall–Kier alpha value is -1.35. The third kappa shape index (κ3) is 4.97. The van der Waals surface area contributed by atoms with E-state index in [0.29, 0.717) is 6.42 Å². The van der Waals surface area contributed by atoms with E-state index in [1.165, 1.54) is 31.2 Å². The highest BCUT2D eigenvalue weighted by molar-refractivity contribution is 5.95. The molecule has 0 bridgehead atoms. The lowest BCUT2D eigenvalue weighted by Gasteiger charge is -2.15. The average molecular weight is 277 g/mol. The van der Waals surface area contributed by atoms with Gasteiger partial charge in [-0.2, -0.15) is 0 Å². The molecule has 1 aromatic carbocycles. The van der Waals surface area contributed by atoms with Gasteiger partial charge in [0.05, 0.1) is 0 Å². The average Bonchev–Trinajstić information content (AvgIpc) is 2.93. The second-order valence-electron chi connectivity index (χ2n) is 5.13. The molecule has 0 radical (unpaired) electrons. The summed E-state index contributed by atoms with van der Waals surface area (Å²) in [6, 6.07) is 8.54. The van der Waals surface area contributed by atoms with Crippen molar-refractivity contribution in [1.82, 2.24) is 0 Å². The minimum absolute atomic E-state index is 0.269. The lowest BCUT2D eigenvalue weighted by Crippen LogP contribution is -2.23. The molecule has 1 heterocycles. The molecule has 1 aliphatic heterocycles. The lowest BCUT2D eigenvalue weighted by molar-refractivity contribution is -0.117. The van der Waals surface area contributed by atoms with Crippen LogP contribution < -0.4 is 4.90 Å². The van der Waals surface area contributed by atoms with Crippen LogP contribution in [0.1, 0.15) is 51.0 Å². The molecule has 0 aromatic heterocycles. The van der Waals surface area contributed by atoms with Gasteiger partial charge in [-0.05, 0) is 37.0 Å². The van der Waals surface area contributed by atoms with Gasteiger partial charge in [0.1, 0.15) is 0 Å². The van der Waals surface area contributed by atoms with E-state index in [1.807, 2.05) is 4.90 Å². The number of amides is 1. The highest BCUT2D eigenvalue weighted by atomic mass is 16.2. The van der Waals surface area contributed by atoms with Crippen LogP contribution in [0.3, 0.4) is 0 Å². The molecule has 20 heavy (non-hydrogen) atoms. The maximum Gasteiger partial charge on any atom is 0.227 e. The predicted octanol–water partition coefficient (Wildman–Crippen LogP) is 3.54. The molecule has 0 atom stereocenters. The van der Waals surface area contributed by atoms with Gasteiger partial charge < -0.3 is 10.0 Å². The summed E-state index contributed by atoms with van der Waals surface area (Å²) in [7, 11) is 1.00. The molecule has 1 fully saturated rings. The van der Waals surface area contributed by atoms with Crippen LogP contribution in [-0.2, 0) is 11.2 Å². The zero-order valence-electron chi connectivity index (χ0n) is 12.8. The SMILES string of the molecule is CCCCCCc1ccc(N2CCCC2=O)cc1.CO. The van der Waals surface area contributed by atoms with Crippen molar-refractivity contribution in [3.8, 4) is 0 Å². The second kappa shape index (κ2) is 9.54. The molecule has 3 heteroatoms. The summed E-state index contributed by atoms with van der Waals surface area (Å²) in [5.74, 6) is 0.269. The molecule has 112 valence electrons. The fourth-order valence-electron chi connectivity index (χ4n) is 2.52. The first-order chi connectivity index (χ1) is 9.81. The summed E-state index contributed by atoms with van der Waals surface area (Å²) in [6.07, 6.45) is 8.08. The number of nitrogens with zero attached hydrogens (tertiary/aromatic N) is 1. The lowest BCUT2D eigenvalue weighted by atomic mass is 10.1. The van der Waals surface area contributed by atoms with Gasteiger partial charge in [-0.3, -0.25) is 4.79 Å². The van der Waals surface area contributed by atoms with Crippen molar-refractivity contribution in [1.29, 1.82) is 0 Å². The molecule has 0 aliphatic carbocycles. The first-order valence-corrected chi connectivity index (χ1v) is 7.65. The highest BCUT2D eigenvalue weighted by Gasteiger charge is 2.21. The van der Waals surface area contributed by atoms with Gasteiger partial charge in [-0.1, -0.05) is 38.3 Å². The van der Waals surface area contributed by atoms with E-state index >= 15 is 0 Å². The van der Waals surface area contributed by atoms with Crippen molar-refractivity contribution in [2.24, 2.45) is 0 Å². The summed E-state index contributed by atoms with van der Waals surface area (Å²) in [6.45, 7) is 3.12. The molecule has 1 amide bonds. The summed E-state index contributed by atoms with van der Waals surface area (Å²) in [5, 5.41) is 7.00. The van der Waals surface area contributed by atoms with Crippen molar-refractivity contribution in [2.45, 2.75) is 51.9 Å². The summed E-state index contributed by atoms with van der Waals surface area (Å²) >= 11 is 0. The standard InChI is InChI=1S/C16H23NO.CH4O/c1-2-3-4-5-7-14-9-11-15(12-10-14)17-13-6-8-16(17)18;1-2/h9-12H,2-8,13H2,1H3;2H,1H3. The van der Waals surface area contributed by atoms with Crippen molar-refractivity contribution in [3.63, 3.8) is 0 Å². The number of benzene rings is 1. The van der Waals surface area contributed by atoms with E-state index in [2.05, 4.69) is 31.2 Å². The van der Waals surface area contributed by atoms with Crippen LogP contribution in [0.25, 0.3) is 0 Å². The summed E-state index contributed by atoms with van der Waals surface area (Å²) < 4.78 is 0. The molecule has 0 saturated carbocycles. The second-order valence-corrected chi connectivity index (χ2v) is 5.13. The van der Waals surface area contributed by atoms with E-state index in [1.54, 1.807) is 0 Å². The van der Waals surface area contributed by atoms with Gasteiger partial charge in [-0.15, -0.1) is 0 Å². The number of carbonyl (C=O) groups excluding carboxylic acids is 1. The van der Waals surface area contributed by atoms with Crippen molar-refractivity contribution in [3.05, 3.63) is 29.8 Å². The monoisotopic (exact) mass is 277 g/mol. The molecular weight excluding hydrogens is 250 g/mol. The molecular formula is C17H27NO2. The highest BCUT2D eigenvalue weighted by Crippen LogP contribution is 2.22. The molecule has 0 unspecified atom stereocenters. The molecule has 1 aliphatic rings. The maximum atomic E-state index is 11.6. The normalized spacial score (nSPS) is 14.2. The number of aryl methyl sites for hydroxylation is 1. The summed E-state index contributed by atoms with van der Waals surface area (Å²) in [4.78, 5) is 13.5. The fourth-order valence-corrected chi connectivity index (χ4v) is 2.52. The topological polar surface area (TPSA) is 40.5 Å². The third-order valence-corrected chi connectivity index (χ3v) is 3.64. The van der Waals surface area contributed by atoms with E-state index in [4.69, 9.17) is 5.11 Å². The number of aliphatic hydroxyl groups is 1. The Labute approximate surface area is 122 Å². The molecule has 1 saturated heterocycles. The van der Waals surface area contributed by atoms with Gasteiger partial charge in [-0.25, -0.2) is 0 Å². The molecule has 2 rings (SSSR count). The van der Waals surface area contributed by atoms with E-state index in [9.17, 15) is 4.79 Å². The first-order valence-electron chi connectivity index (χ1n) is 7.65. The number of hydrogen-bond acceptors (Lipinski definition) is 2. The minimum Gasteiger partial charge on any atom is -0.400 e. The quantitative estimate of drug-likeness (QED) is 0.808. The number of rotatable bonds is 6. The largest absolute Gasteiger partial charge is 0.400 e. The minimum atomic E-state index is 0.269. The summed E-state index contributed by atoms with van der Waals surface area (Å²) in [5.41, 5.74) is 2.45. The van der Waals surface area contributed by atoms with E-state index < -0.39 is 0 Å². The zero-order chi connectivity index (χ0) is 14.8. The van der Waals surface area contributed by atoms with Crippen LogP contribution in [0.5, 0.6) is 0 Å². The van der Waals surface area contributed by atoms with Crippen LogP contribution in [0.2, 0.25) is 0 Å². The number of carbonyl (C=O) groups is 1. The molecule has 0 spiro atoms. The van der Waals surface area contributed by atoms with Crippen molar-refractivity contribution >= 4 is 11.6 Å². The van der Waals surface area contributed by atoms with Crippen LogP contribution in [-0.4, -0.2) is 24.7 Å². The van der Waals surface area contributed by atoms with Gasteiger partial charge in [0.2, 0.25) is 5.91 Å². The Morgan fingerprint density at radius 2 is 1.80 bits per heavy atom. The Balaban J connectivity index is 0.000000956. The maximum absolute atomic E-state index is 11.6. The third-order valence-electron chi connectivity index (χ3n) is 3.64. The molecule has 3 nitrogen and oxygen atoms in total. The van der Waals surface area contributed by atoms with Gasteiger partial charge >= 0.3 is 0 Å². The number of hydrogen-bond donors (Lipinski definition) is 1. The Morgan fingerprint density at radius 1 is 1.10 bits per heavy atom. The van der Waals surface area contributed by atoms with Crippen molar-refractivity contribution < 1.29 is 9.90 Å². The van der Waals surface area contributed by atoms with E-state index in [-0.39, 0.29) is 5.91 Å². The Bertz CT molecular complexity index is 386. The van der Waals surface area contributed by atoms with Crippen LogP contribution in [0.15, 0.2) is 24.3 Å². The van der Waals surface area contributed by atoms with Gasteiger partial charge in [0, 0.05) is 25.8 Å². The van der Waals surface area contributed by atoms with Crippen LogP contribution in [0.4, 0.5) is 5.69 Å².